The third-order valence-electron chi connectivity index (χ3n) is 6.60. The molecular formula is C27H24N4O2. The Balaban J connectivity index is 1.13. The van der Waals surface area contributed by atoms with Gasteiger partial charge in [0.1, 0.15) is 5.69 Å². The first-order valence-electron chi connectivity index (χ1n) is 11.4. The maximum atomic E-state index is 13.1. The smallest absolute Gasteiger partial charge is 0.229 e. The molecule has 0 saturated carbocycles. The summed E-state index contributed by atoms with van der Waals surface area (Å²) in [6.07, 6.45) is 4.35. The summed E-state index contributed by atoms with van der Waals surface area (Å²) in [5.41, 5.74) is 6.75. The lowest BCUT2D eigenvalue weighted by Crippen LogP contribution is -2.41. The Morgan fingerprint density at radius 1 is 0.970 bits per heavy atom. The molecule has 1 N–H and O–H groups in total. The Hall–Kier alpha value is -3.93. The molecule has 1 aliphatic heterocycles. The van der Waals surface area contributed by atoms with E-state index in [9.17, 15) is 4.79 Å². The van der Waals surface area contributed by atoms with Crippen molar-refractivity contribution in [3.05, 3.63) is 84.1 Å². The van der Waals surface area contributed by atoms with Crippen LogP contribution in [-0.4, -0.2) is 29.2 Å². The van der Waals surface area contributed by atoms with Crippen molar-refractivity contribution in [1.29, 1.82) is 0 Å². The number of hydrogen-bond acceptors (Lipinski definition) is 5. The minimum atomic E-state index is -0.0873. The van der Waals surface area contributed by atoms with Crippen LogP contribution in [0.25, 0.3) is 22.6 Å². The lowest BCUT2D eigenvalue weighted by molar-refractivity contribution is -0.120. The molecule has 6 heteroatoms. The van der Waals surface area contributed by atoms with E-state index < -0.39 is 0 Å². The highest BCUT2D eigenvalue weighted by molar-refractivity contribution is 5.94. The van der Waals surface area contributed by atoms with Crippen LogP contribution in [-0.2, 0) is 11.2 Å². The molecule has 1 unspecified atom stereocenters. The van der Waals surface area contributed by atoms with Crippen molar-refractivity contribution in [2.75, 3.05) is 23.3 Å². The predicted molar refractivity (Wildman–Crippen MR) is 128 cm³/mol. The molecule has 1 fully saturated rings. The number of rotatable bonds is 4. The van der Waals surface area contributed by atoms with Gasteiger partial charge in [-0.1, -0.05) is 30.3 Å². The molecule has 0 bridgehead atoms. The Labute approximate surface area is 192 Å². The van der Waals surface area contributed by atoms with E-state index in [4.69, 9.17) is 4.42 Å². The monoisotopic (exact) mass is 436 g/mol. The van der Waals surface area contributed by atoms with Crippen molar-refractivity contribution in [3.63, 3.8) is 0 Å². The summed E-state index contributed by atoms with van der Waals surface area (Å²) in [4.78, 5) is 15.2. The first-order valence-corrected chi connectivity index (χ1v) is 11.4. The Morgan fingerprint density at radius 3 is 2.73 bits per heavy atom. The molecule has 33 heavy (non-hydrogen) atoms. The van der Waals surface area contributed by atoms with Gasteiger partial charge in [0.2, 0.25) is 5.91 Å². The van der Waals surface area contributed by atoms with Crippen LogP contribution in [0.4, 0.5) is 11.5 Å². The van der Waals surface area contributed by atoms with E-state index in [1.807, 2.05) is 30.3 Å². The summed E-state index contributed by atoms with van der Waals surface area (Å²) in [5.74, 6) is 1.46. The molecule has 0 radical (unpaired) electrons. The van der Waals surface area contributed by atoms with Crippen LogP contribution in [0.1, 0.15) is 24.0 Å². The molecule has 164 valence electrons. The third kappa shape index (κ3) is 3.78. The van der Waals surface area contributed by atoms with E-state index in [2.05, 4.69) is 56.8 Å². The molecule has 3 heterocycles. The number of piperidine rings is 1. The van der Waals surface area contributed by atoms with Gasteiger partial charge < -0.3 is 14.6 Å². The van der Waals surface area contributed by atoms with Gasteiger partial charge in [0, 0.05) is 18.8 Å². The average Bonchev–Trinajstić information content (AvgIpc) is 3.52. The fourth-order valence-electron chi connectivity index (χ4n) is 4.92. The van der Waals surface area contributed by atoms with E-state index in [0.717, 1.165) is 37.3 Å². The largest absolute Gasteiger partial charge is 0.463 e. The summed E-state index contributed by atoms with van der Waals surface area (Å²) < 4.78 is 5.39. The topological polar surface area (TPSA) is 71.3 Å². The van der Waals surface area contributed by atoms with E-state index in [1.165, 1.54) is 22.3 Å². The predicted octanol–water partition coefficient (Wildman–Crippen LogP) is 5.16. The van der Waals surface area contributed by atoms with Crippen LogP contribution in [0.15, 0.2) is 77.4 Å². The Morgan fingerprint density at radius 2 is 1.88 bits per heavy atom. The van der Waals surface area contributed by atoms with Crippen LogP contribution in [0, 0.1) is 5.92 Å². The van der Waals surface area contributed by atoms with Crippen molar-refractivity contribution in [2.45, 2.75) is 19.3 Å². The minimum absolute atomic E-state index is 0.0651. The fraction of sp³-hybridized carbons (Fsp3) is 0.222. The van der Waals surface area contributed by atoms with Crippen LogP contribution in [0.5, 0.6) is 0 Å². The molecule has 2 aromatic carbocycles. The lowest BCUT2D eigenvalue weighted by atomic mass is 9.96. The highest BCUT2D eigenvalue weighted by Crippen LogP contribution is 2.37. The SMILES string of the molecule is O=C(Nc1ccc2c(c1)Cc1ccccc1-2)C1CCCN(c2ccc(-c3ccco3)nn2)C1. The maximum absolute atomic E-state index is 13.1. The fourth-order valence-corrected chi connectivity index (χ4v) is 4.92. The number of carbonyl (C=O) groups is 1. The van der Waals surface area contributed by atoms with Gasteiger partial charge >= 0.3 is 0 Å². The second-order valence-corrected chi connectivity index (χ2v) is 8.73. The molecule has 6 rings (SSSR count). The van der Waals surface area contributed by atoms with Gasteiger partial charge in [-0.3, -0.25) is 4.79 Å². The zero-order valence-electron chi connectivity index (χ0n) is 18.2. The highest BCUT2D eigenvalue weighted by atomic mass is 16.3. The number of benzene rings is 2. The lowest BCUT2D eigenvalue weighted by Gasteiger charge is -2.32. The zero-order chi connectivity index (χ0) is 22.2. The van der Waals surface area contributed by atoms with Crippen LogP contribution >= 0.6 is 0 Å². The van der Waals surface area contributed by atoms with E-state index in [0.29, 0.717) is 18.0 Å². The number of amides is 1. The van der Waals surface area contributed by atoms with E-state index >= 15 is 0 Å². The van der Waals surface area contributed by atoms with Crippen molar-refractivity contribution in [2.24, 2.45) is 5.92 Å². The standard InChI is InChI=1S/C27H24N4O2/c32-27(28-21-9-10-23-20(16-21)15-18-5-1-2-7-22(18)23)19-6-3-13-31(17-19)26-12-11-24(29-30-26)25-8-4-14-33-25/h1-2,4-5,7-12,14,16,19H,3,6,13,15,17H2,(H,28,32). The molecule has 0 spiro atoms. The zero-order valence-corrected chi connectivity index (χ0v) is 18.2. The number of aromatic nitrogens is 2. The molecule has 1 aliphatic carbocycles. The van der Waals surface area contributed by atoms with Gasteiger partial charge in [0.25, 0.3) is 0 Å². The van der Waals surface area contributed by atoms with Crippen LogP contribution in [0.2, 0.25) is 0 Å². The van der Waals surface area contributed by atoms with E-state index in [-0.39, 0.29) is 11.8 Å². The molecule has 2 aromatic heterocycles. The van der Waals surface area contributed by atoms with Crippen molar-refractivity contribution < 1.29 is 9.21 Å². The first kappa shape index (κ1) is 19.7. The summed E-state index contributed by atoms with van der Waals surface area (Å²) in [5, 5.41) is 11.8. The van der Waals surface area contributed by atoms with Gasteiger partial charge in [0.05, 0.1) is 12.2 Å². The van der Waals surface area contributed by atoms with Gasteiger partial charge in [-0.25, -0.2) is 0 Å². The summed E-state index contributed by atoms with van der Waals surface area (Å²) in [6.45, 7) is 1.51. The molecule has 2 aliphatic rings. The van der Waals surface area contributed by atoms with Crippen molar-refractivity contribution >= 4 is 17.4 Å². The summed E-state index contributed by atoms with van der Waals surface area (Å²) in [7, 11) is 0. The van der Waals surface area contributed by atoms with Gasteiger partial charge in [0.15, 0.2) is 11.6 Å². The number of furan rings is 1. The molecule has 1 saturated heterocycles. The second kappa shape index (κ2) is 8.20. The third-order valence-corrected chi connectivity index (χ3v) is 6.60. The number of anilines is 2. The Kier molecular flexibility index (Phi) is 4.91. The van der Waals surface area contributed by atoms with Crippen molar-refractivity contribution in [1.82, 2.24) is 10.2 Å². The molecule has 1 amide bonds. The highest BCUT2D eigenvalue weighted by Gasteiger charge is 2.27. The summed E-state index contributed by atoms with van der Waals surface area (Å²) in [6, 6.07) is 22.3. The van der Waals surface area contributed by atoms with Gasteiger partial charge in [-0.2, -0.15) is 0 Å². The number of carbonyl (C=O) groups excluding carboxylic acids is 1. The summed E-state index contributed by atoms with van der Waals surface area (Å²) >= 11 is 0. The number of hydrogen-bond donors (Lipinski definition) is 1. The Bertz CT molecular complexity index is 1300. The van der Waals surface area contributed by atoms with E-state index in [1.54, 1.807) is 6.26 Å². The number of fused-ring (bicyclic) bond motifs is 3. The maximum Gasteiger partial charge on any atom is 0.229 e. The second-order valence-electron chi connectivity index (χ2n) is 8.73. The molecule has 4 aromatic rings. The average molecular weight is 437 g/mol. The normalized spacial score (nSPS) is 16.8. The minimum Gasteiger partial charge on any atom is -0.463 e. The first-order chi connectivity index (χ1) is 16.2. The quantitative estimate of drug-likeness (QED) is 0.421. The van der Waals surface area contributed by atoms with Crippen LogP contribution in [0.3, 0.4) is 0 Å². The molecule has 1 atom stereocenters. The molecule has 6 nitrogen and oxygen atoms in total. The van der Waals surface area contributed by atoms with Crippen molar-refractivity contribution in [3.8, 4) is 22.6 Å². The number of nitrogens with zero attached hydrogens (tertiary/aromatic N) is 3. The number of nitrogens with one attached hydrogen (secondary N) is 1. The van der Waals surface area contributed by atoms with Gasteiger partial charge in [-0.15, -0.1) is 10.2 Å². The van der Waals surface area contributed by atoms with Gasteiger partial charge in [-0.05, 0) is 77.9 Å². The van der Waals surface area contributed by atoms with Crippen LogP contribution < -0.4 is 10.2 Å². The molecular weight excluding hydrogens is 412 g/mol.